The van der Waals surface area contributed by atoms with Gasteiger partial charge in [-0.25, -0.2) is 0 Å². The van der Waals surface area contributed by atoms with Crippen LogP contribution in [0.3, 0.4) is 0 Å². The fraction of sp³-hybridized carbons (Fsp3) is 0.136. The average molecular weight is 371 g/mol. The van der Waals surface area contributed by atoms with Gasteiger partial charge in [0.2, 0.25) is 0 Å². The van der Waals surface area contributed by atoms with Crippen molar-refractivity contribution in [3.63, 3.8) is 0 Å². The number of aromatic nitrogens is 4. The number of benzene rings is 2. The monoisotopic (exact) mass is 371 g/mol. The zero-order valence-electron chi connectivity index (χ0n) is 15.6. The van der Waals surface area contributed by atoms with Gasteiger partial charge in [0.05, 0.1) is 12.2 Å². The maximum Gasteiger partial charge on any atom is 0.269 e. The minimum absolute atomic E-state index is 0.181. The second-order valence-electron chi connectivity index (χ2n) is 6.69. The quantitative estimate of drug-likeness (QED) is 0.544. The molecule has 2 heterocycles. The third-order valence-electron chi connectivity index (χ3n) is 4.62. The number of H-pyrrole nitrogens is 1. The lowest BCUT2D eigenvalue weighted by Crippen LogP contribution is -2.24. The van der Waals surface area contributed by atoms with Crippen molar-refractivity contribution in [3.05, 3.63) is 95.4 Å². The molecule has 0 saturated heterocycles. The third kappa shape index (κ3) is 4.01. The lowest BCUT2D eigenvalue weighted by atomic mass is 10.1. The van der Waals surface area contributed by atoms with Crippen LogP contribution >= 0.6 is 0 Å². The first kappa shape index (κ1) is 17.7. The summed E-state index contributed by atoms with van der Waals surface area (Å²) in [4.78, 5) is 12.5. The van der Waals surface area contributed by atoms with E-state index in [2.05, 4.69) is 26.7 Å². The Morgan fingerprint density at radius 2 is 1.86 bits per heavy atom. The van der Waals surface area contributed by atoms with E-state index in [0.717, 1.165) is 22.4 Å². The molecule has 6 nitrogen and oxygen atoms in total. The van der Waals surface area contributed by atoms with Gasteiger partial charge in [-0.3, -0.25) is 14.6 Å². The van der Waals surface area contributed by atoms with Gasteiger partial charge < -0.3 is 5.32 Å². The van der Waals surface area contributed by atoms with Crippen LogP contribution in [-0.2, 0) is 13.1 Å². The zero-order chi connectivity index (χ0) is 19.3. The highest BCUT2D eigenvalue weighted by Gasteiger charge is 2.12. The molecule has 0 spiro atoms. The number of amides is 1. The van der Waals surface area contributed by atoms with Crippen LogP contribution in [0.25, 0.3) is 11.3 Å². The Bertz CT molecular complexity index is 1060. The van der Waals surface area contributed by atoms with E-state index in [0.29, 0.717) is 18.8 Å². The highest BCUT2D eigenvalue weighted by atomic mass is 16.1. The van der Waals surface area contributed by atoms with Crippen LogP contribution in [0.4, 0.5) is 0 Å². The summed E-state index contributed by atoms with van der Waals surface area (Å²) in [5.74, 6) is -0.181. The summed E-state index contributed by atoms with van der Waals surface area (Å²) in [5.41, 5.74) is 5.54. The van der Waals surface area contributed by atoms with E-state index < -0.39 is 0 Å². The highest BCUT2D eigenvalue weighted by Crippen LogP contribution is 2.18. The third-order valence-corrected chi connectivity index (χ3v) is 4.62. The number of carbonyl (C=O) groups excluding carboxylic acids is 1. The van der Waals surface area contributed by atoms with Crippen LogP contribution < -0.4 is 5.32 Å². The van der Waals surface area contributed by atoms with Crippen LogP contribution in [0.15, 0.2) is 73.1 Å². The molecule has 0 aliphatic heterocycles. The average Bonchev–Trinajstić information content (AvgIpc) is 3.40. The van der Waals surface area contributed by atoms with Gasteiger partial charge in [-0.2, -0.15) is 10.2 Å². The van der Waals surface area contributed by atoms with Crippen molar-refractivity contribution in [1.29, 1.82) is 0 Å². The van der Waals surface area contributed by atoms with Crippen molar-refractivity contribution >= 4 is 5.91 Å². The van der Waals surface area contributed by atoms with Gasteiger partial charge in [0, 0.05) is 24.5 Å². The molecule has 0 saturated carbocycles. The van der Waals surface area contributed by atoms with Crippen molar-refractivity contribution in [2.24, 2.45) is 0 Å². The summed E-state index contributed by atoms with van der Waals surface area (Å²) in [6.07, 6.45) is 3.68. The molecule has 0 aliphatic carbocycles. The molecule has 4 aromatic rings. The van der Waals surface area contributed by atoms with Crippen molar-refractivity contribution in [2.45, 2.75) is 20.0 Å². The Labute approximate surface area is 163 Å². The van der Waals surface area contributed by atoms with Gasteiger partial charge in [-0.05, 0) is 30.2 Å². The standard InChI is InChI=1S/C22H21N5O/c1-16-7-9-17(10-8-16)20-13-21(26-25-20)22(28)23-14-18-5-2-3-6-19(18)15-27-12-4-11-24-27/h2-13H,14-15H2,1H3,(H,23,28)(H,25,26). The fourth-order valence-electron chi connectivity index (χ4n) is 3.03. The number of aryl methyl sites for hydroxylation is 1. The Morgan fingerprint density at radius 3 is 2.61 bits per heavy atom. The predicted octanol–water partition coefficient (Wildman–Crippen LogP) is 3.56. The topological polar surface area (TPSA) is 75.6 Å². The second-order valence-corrected chi connectivity index (χ2v) is 6.69. The molecule has 2 aromatic carbocycles. The predicted molar refractivity (Wildman–Crippen MR) is 108 cm³/mol. The number of carbonyl (C=O) groups is 1. The van der Waals surface area contributed by atoms with E-state index in [4.69, 9.17) is 0 Å². The van der Waals surface area contributed by atoms with E-state index in [9.17, 15) is 4.79 Å². The molecule has 0 aliphatic rings. The van der Waals surface area contributed by atoms with Crippen LogP contribution in [0.1, 0.15) is 27.2 Å². The van der Waals surface area contributed by atoms with E-state index >= 15 is 0 Å². The highest BCUT2D eigenvalue weighted by molar-refractivity contribution is 5.93. The summed E-state index contributed by atoms with van der Waals surface area (Å²) in [5, 5.41) is 14.3. The van der Waals surface area contributed by atoms with Crippen LogP contribution in [0, 0.1) is 6.92 Å². The number of nitrogens with zero attached hydrogens (tertiary/aromatic N) is 3. The van der Waals surface area contributed by atoms with Crippen molar-refractivity contribution < 1.29 is 4.79 Å². The summed E-state index contributed by atoms with van der Waals surface area (Å²) in [6.45, 7) is 3.15. The van der Waals surface area contributed by atoms with E-state index in [-0.39, 0.29) is 5.91 Å². The largest absolute Gasteiger partial charge is 0.347 e. The summed E-state index contributed by atoms with van der Waals surface area (Å²) in [6, 6.07) is 19.8. The summed E-state index contributed by atoms with van der Waals surface area (Å²) < 4.78 is 1.86. The molecule has 6 heteroatoms. The molecule has 140 valence electrons. The first-order chi connectivity index (χ1) is 13.7. The molecule has 28 heavy (non-hydrogen) atoms. The van der Waals surface area contributed by atoms with Crippen molar-refractivity contribution in [2.75, 3.05) is 0 Å². The minimum Gasteiger partial charge on any atom is -0.347 e. The first-order valence-corrected chi connectivity index (χ1v) is 9.14. The zero-order valence-corrected chi connectivity index (χ0v) is 15.6. The van der Waals surface area contributed by atoms with Gasteiger partial charge in [-0.15, -0.1) is 0 Å². The minimum atomic E-state index is -0.181. The molecular weight excluding hydrogens is 350 g/mol. The van der Waals surface area contributed by atoms with Gasteiger partial charge in [0.15, 0.2) is 0 Å². The van der Waals surface area contributed by atoms with Gasteiger partial charge in [0.25, 0.3) is 5.91 Å². The summed E-state index contributed by atoms with van der Waals surface area (Å²) in [7, 11) is 0. The van der Waals surface area contributed by atoms with Gasteiger partial charge in [-0.1, -0.05) is 54.1 Å². The Balaban J connectivity index is 1.43. The molecule has 0 radical (unpaired) electrons. The van der Waals surface area contributed by atoms with Crippen molar-refractivity contribution in [3.8, 4) is 11.3 Å². The normalized spacial score (nSPS) is 10.8. The van der Waals surface area contributed by atoms with E-state index in [1.807, 2.05) is 66.3 Å². The number of rotatable bonds is 6. The van der Waals surface area contributed by atoms with Crippen LogP contribution in [0.5, 0.6) is 0 Å². The number of hydrogen-bond donors (Lipinski definition) is 2. The number of hydrogen-bond acceptors (Lipinski definition) is 3. The first-order valence-electron chi connectivity index (χ1n) is 9.14. The SMILES string of the molecule is Cc1ccc(-c2cc(C(=O)NCc3ccccc3Cn3cccn3)[nH]n2)cc1. The van der Waals surface area contributed by atoms with E-state index in [1.165, 1.54) is 5.56 Å². The molecule has 1 amide bonds. The fourth-order valence-corrected chi connectivity index (χ4v) is 3.03. The van der Waals surface area contributed by atoms with Crippen molar-refractivity contribution in [1.82, 2.24) is 25.3 Å². The Kier molecular flexibility index (Phi) is 5.01. The molecule has 4 rings (SSSR count). The van der Waals surface area contributed by atoms with Crippen LogP contribution in [-0.4, -0.2) is 25.9 Å². The molecule has 2 aromatic heterocycles. The molecule has 0 fully saturated rings. The van der Waals surface area contributed by atoms with Gasteiger partial charge in [0.1, 0.15) is 5.69 Å². The Hall–Kier alpha value is -3.67. The van der Waals surface area contributed by atoms with Gasteiger partial charge >= 0.3 is 0 Å². The van der Waals surface area contributed by atoms with E-state index in [1.54, 1.807) is 12.3 Å². The smallest absolute Gasteiger partial charge is 0.269 e. The molecule has 2 N–H and O–H groups in total. The maximum atomic E-state index is 12.5. The second kappa shape index (κ2) is 7.92. The lowest BCUT2D eigenvalue weighted by molar-refractivity contribution is 0.0946. The molecular formula is C22H21N5O. The molecule has 0 unspecified atom stereocenters. The number of aromatic amines is 1. The maximum absolute atomic E-state index is 12.5. The van der Waals surface area contributed by atoms with Crippen LogP contribution in [0.2, 0.25) is 0 Å². The lowest BCUT2D eigenvalue weighted by Gasteiger charge is -2.10. The Morgan fingerprint density at radius 1 is 1.07 bits per heavy atom. The molecule has 0 atom stereocenters. The number of nitrogens with one attached hydrogen (secondary N) is 2. The molecule has 0 bridgehead atoms. The summed E-state index contributed by atoms with van der Waals surface area (Å²) >= 11 is 0.